The molecule has 0 aliphatic heterocycles. The molecule has 116 valence electrons. The maximum Gasteiger partial charge on any atom is 0.234 e. The van der Waals surface area contributed by atoms with Crippen molar-refractivity contribution in [2.24, 2.45) is 11.7 Å². The van der Waals surface area contributed by atoms with Crippen molar-refractivity contribution in [3.8, 4) is 11.5 Å². The highest BCUT2D eigenvalue weighted by Crippen LogP contribution is 2.30. The van der Waals surface area contributed by atoms with Crippen LogP contribution in [0.2, 0.25) is 0 Å². The van der Waals surface area contributed by atoms with Crippen LogP contribution in [0.25, 0.3) is 0 Å². The first-order chi connectivity index (χ1) is 10.0. The third-order valence-corrected chi connectivity index (χ3v) is 3.16. The zero-order valence-corrected chi connectivity index (χ0v) is 13.5. The molecule has 3 N–H and O–H groups in total. The maximum absolute atomic E-state index is 12.1. The van der Waals surface area contributed by atoms with Crippen molar-refractivity contribution < 1.29 is 14.3 Å². The van der Waals surface area contributed by atoms with E-state index in [9.17, 15) is 4.79 Å². The lowest BCUT2D eigenvalue weighted by molar-refractivity contribution is -0.118. The summed E-state index contributed by atoms with van der Waals surface area (Å²) >= 11 is 4.90. The molecule has 1 aromatic carbocycles. The van der Waals surface area contributed by atoms with E-state index in [2.05, 4.69) is 5.32 Å². The Hall–Kier alpha value is -1.82. The average Bonchev–Trinajstić information content (AvgIpc) is 2.42. The molecule has 0 heterocycles. The smallest absolute Gasteiger partial charge is 0.234 e. The molecule has 1 atom stereocenters. The number of nitrogens with one attached hydrogen (secondary N) is 1. The zero-order chi connectivity index (χ0) is 15.8. The number of benzene rings is 1. The van der Waals surface area contributed by atoms with Gasteiger partial charge in [-0.15, -0.1) is 0 Å². The number of nitrogens with two attached hydrogens (primary N) is 1. The molecule has 5 nitrogen and oxygen atoms in total. The standard InChI is InChI=1S/C15H22N2O3S/c1-4-11(14(16)21)15(18)17-10-7-8-12(19-5-2)13(9-10)20-6-3/h7-9,11H,4-6H2,1-3H3,(H2,16,21)(H,17,18). The normalized spacial score (nSPS) is 11.6. The largest absolute Gasteiger partial charge is 0.490 e. The Labute approximate surface area is 130 Å². The number of hydrogen-bond acceptors (Lipinski definition) is 4. The molecule has 0 aliphatic carbocycles. The second-order valence-corrected chi connectivity index (χ2v) is 4.85. The molecule has 6 heteroatoms. The van der Waals surface area contributed by atoms with Crippen molar-refractivity contribution in [3.05, 3.63) is 18.2 Å². The van der Waals surface area contributed by atoms with E-state index in [1.807, 2.05) is 20.8 Å². The number of hydrogen-bond donors (Lipinski definition) is 2. The molecule has 0 saturated heterocycles. The quantitative estimate of drug-likeness (QED) is 0.722. The van der Waals surface area contributed by atoms with Gasteiger partial charge in [0, 0.05) is 11.8 Å². The fourth-order valence-corrected chi connectivity index (χ4v) is 2.15. The van der Waals surface area contributed by atoms with Crippen LogP contribution < -0.4 is 20.5 Å². The minimum absolute atomic E-state index is 0.200. The lowest BCUT2D eigenvalue weighted by atomic mass is 10.1. The van der Waals surface area contributed by atoms with E-state index in [0.29, 0.717) is 36.8 Å². The van der Waals surface area contributed by atoms with Crippen LogP contribution in [0.3, 0.4) is 0 Å². The van der Waals surface area contributed by atoms with Gasteiger partial charge in [-0.05, 0) is 32.4 Å². The highest BCUT2D eigenvalue weighted by Gasteiger charge is 2.19. The third kappa shape index (κ3) is 4.90. The van der Waals surface area contributed by atoms with Crippen LogP contribution in [0.4, 0.5) is 5.69 Å². The summed E-state index contributed by atoms with van der Waals surface area (Å²) in [5.74, 6) is 0.568. The van der Waals surface area contributed by atoms with Gasteiger partial charge in [0.25, 0.3) is 0 Å². The molecule has 21 heavy (non-hydrogen) atoms. The average molecular weight is 310 g/mol. The number of carbonyl (C=O) groups is 1. The van der Waals surface area contributed by atoms with E-state index in [4.69, 9.17) is 27.4 Å². The van der Waals surface area contributed by atoms with Crippen LogP contribution in [0.15, 0.2) is 18.2 Å². The summed E-state index contributed by atoms with van der Waals surface area (Å²) in [6.45, 7) is 6.72. The van der Waals surface area contributed by atoms with E-state index in [1.165, 1.54) is 0 Å². The lowest BCUT2D eigenvalue weighted by Gasteiger charge is -2.15. The first-order valence-corrected chi connectivity index (χ1v) is 7.44. The number of rotatable bonds is 8. The van der Waals surface area contributed by atoms with Gasteiger partial charge in [0.1, 0.15) is 0 Å². The maximum atomic E-state index is 12.1. The molecule has 0 bridgehead atoms. The van der Waals surface area contributed by atoms with Crippen LogP contribution in [-0.4, -0.2) is 24.1 Å². The van der Waals surface area contributed by atoms with Gasteiger partial charge >= 0.3 is 0 Å². The Morgan fingerprint density at radius 1 is 1.24 bits per heavy atom. The van der Waals surface area contributed by atoms with Crippen LogP contribution in [-0.2, 0) is 4.79 Å². The Balaban J connectivity index is 2.91. The van der Waals surface area contributed by atoms with Gasteiger partial charge in [-0.2, -0.15) is 0 Å². The van der Waals surface area contributed by atoms with Gasteiger partial charge in [0.05, 0.1) is 24.1 Å². The van der Waals surface area contributed by atoms with Crippen LogP contribution in [0, 0.1) is 5.92 Å². The van der Waals surface area contributed by atoms with Crippen molar-refractivity contribution in [2.45, 2.75) is 27.2 Å². The second kappa shape index (κ2) is 8.46. The predicted octanol–water partition coefficient (Wildman–Crippen LogP) is 2.73. The molecule has 1 aromatic rings. The van der Waals surface area contributed by atoms with Gasteiger partial charge in [-0.1, -0.05) is 19.1 Å². The Bertz CT molecular complexity index is 506. The van der Waals surface area contributed by atoms with E-state index < -0.39 is 5.92 Å². The fourth-order valence-electron chi connectivity index (χ4n) is 1.87. The zero-order valence-electron chi connectivity index (χ0n) is 12.6. The van der Waals surface area contributed by atoms with E-state index >= 15 is 0 Å². The molecule has 0 radical (unpaired) electrons. The van der Waals surface area contributed by atoms with Gasteiger partial charge in [0.2, 0.25) is 5.91 Å². The third-order valence-electron chi connectivity index (χ3n) is 2.88. The minimum Gasteiger partial charge on any atom is -0.490 e. The highest BCUT2D eigenvalue weighted by molar-refractivity contribution is 7.80. The van der Waals surface area contributed by atoms with Crippen molar-refractivity contribution in [2.75, 3.05) is 18.5 Å². The molecule has 0 saturated carbocycles. The van der Waals surface area contributed by atoms with Crippen LogP contribution in [0.1, 0.15) is 27.2 Å². The molecule has 0 aliphatic rings. The summed E-state index contributed by atoms with van der Waals surface area (Å²) < 4.78 is 11.0. The fraction of sp³-hybridized carbons (Fsp3) is 0.467. The van der Waals surface area contributed by atoms with E-state index in [-0.39, 0.29) is 10.9 Å². The molecule has 0 spiro atoms. The molecule has 1 unspecified atom stereocenters. The monoisotopic (exact) mass is 310 g/mol. The number of carbonyl (C=O) groups excluding carboxylic acids is 1. The summed E-state index contributed by atoms with van der Waals surface area (Å²) in [6.07, 6.45) is 0.566. The Morgan fingerprint density at radius 3 is 2.38 bits per heavy atom. The number of ether oxygens (including phenoxy) is 2. The topological polar surface area (TPSA) is 73.6 Å². The van der Waals surface area contributed by atoms with E-state index in [0.717, 1.165) is 0 Å². The first-order valence-electron chi connectivity index (χ1n) is 7.03. The van der Waals surface area contributed by atoms with Gasteiger partial charge < -0.3 is 20.5 Å². The predicted molar refractivity (Wildman–Crippen MR) is 88.0 cm³/mol. The summed E-state index contributed by atoms with van der Waals surface area (Å²) in [4.78, 5) is 12.3. The van der Waals surface area contributed by atoms with Crippen LogP contribution >= 0.6 is 12.2 Å². The van der Waals surface area contributed by atoms with Crippen molar-refractivity contribution in [1.29, 1.82) is 0 Å². The number of thiocarbonyl (C=S) groups is 1. The van der Waals surface area contributed by atoms with Crippen LogP contribution in [0.5, 0.6) is 11.5 Å². The highest BCUT2D eigenvalue weighted by atomic mass is 32.1. The molecular weight excluding hydrogens is 288 g/mol. The SMILES string of the molecule is CCOc1ccc(NC(=O)C(CC)C(N)=S)cc1OCC. The molecule has 0 aromatic heterocycles. The van der Waals surface area contributed by atoms with Crippen molar-refractivity contribution in [3.63, 3.8) is 0 Å². The van der Waals surface area contributed by atoms with Crippen molar-refractivity contribution in [1.82, 2.24) is 0 Å². The summed E-state index contributed by atoms with van der Waals surface area (Å²) in [7, 11) is 0. The number of amides is 1. The summed E-state index contributed by atoms with van der Waals surface area (Å²) in [6, 6.07) is 5.27. The first kappa shape index (κ1) is 17.2. The van der Waals surface area contributed by atoms with Gasteiger partial charge in [-0.3, -0.25) is 4.79 Å². The molecule has 0 fully saturated rings. The molecular formula is C15H22N2O3S. The van der Waals surface area contributed by atoms with Gasteiger partial charge in [-0.25, -0.2) is 0 Å². The molecule has 1 rings (SSSR count). The molecule has 1 amide bonds. The lowest BCUT2D eigenvalue weighted by Crippen LogP contribution is -2.32. The van der Waals surface area contributed by atoms with E-state index in [1.54, 1.807) is 18.2 Å². The minimum atomic E-state index is -0.470. The second-order valence-electron chi connectivity index (χ2n) is 4.38. The van der Waals surface area contributed by atoms with Crippen molar-refractivity contribution >= 4 is 28.8 Å². The Kier molecular flexibility index (Phi) is 6.94. The summed E-state index contributed by atoms with van der Waals surface area (Å²) in [5.41, 5.74) is 6.20. The number of anilines is 1. The summed E-state index contributed by atoms with van der Waals surface area (Å²) in [5, 5.41) is 2.80. The van der Waals surface area contributed by atoms with Gasteiger partial charge in [0.15, 0.2) is 11.5 Å². The Morgan fingerprint density at radius 2 is 1.86 bits per heavy atom.